The molecule has 2 aromatic rings. The Labute approximate surface area is 135 Å². The number of hydrogen-bond donors (Lipinski definition) is 3. The second-order valence-electron chi connectivity index (χ2n) is 5.82. The highest BCUT2D eigenvalue weighted by molar-refractivity contribution is 7.99. The van der Waals surface area contributed by atoms with E-state index in [0.717, 1.165) is 25.3 Å². The first-order valence-corrected chi connectivity index (χ1v) is 8.93. The van der Waals surface area contributed by atoms with Crippen molar-refractivity contribution in [3.63, 3.8) is 0 Å². The molecule has 1 saturated heterocycles. The maximum Gasteiger partial charge on any atom is 0.221 e. The van der Waals surface area contributed by atoms with E-state index in [1.807, 2.05) is 6.07 Å². The average molecular weight is 317 g/mol. The highest BCUT2D eigenvalue weighted by Crippen LogP contribution is 2.30. The number of amides is 1. The molecule has 1 aromatic heterocycles. The molecule has 0 aliphatic carbocycles. The van der Waals surface area contributed by atoms with Gasteiger partial charge in [0.25, 0.3) is 0 Å². The molecule has 1 unspecified atom stereocenters. The monoisotopic (exact) mass is 317 g/mol. The normalized spacial score (nSPS) is 18.0. The second-order valence-corrected chi connectivity index (χ2v) is 6.93. The summed E-state index contributed by atoms with van der Waals surface area (Å²) in [5, 5.41) is 7.66. The van der Waals surface area contributed by atoms with Crippen molar-refractivity contribution in [2.45, 2.75) is 37.1 Å². The number of H-pyrrole nitrogens is 1. The Bertz CT molecular complexity index is 646. The number of nitrogens with one attached hydrogen (secondary N) is 3. The minimum Gasteiger partial charge on any atom is -0.358 e. The summed E-state index contributed by atoms with van der Waals surface area (Å²) in [7, 11) is 0. The maximum absolute atomic E-state index is 11.9. The Hall–Kier alpha value is -1.46. The summed E-state index contributed by atoms with van der Waals surface area (Å²) in [6.07, 6.45) is 2.92. The van der Waals surface area contributed by atoms with Crippen molar-refractivity contribution in [3.8, 4) is 0 Å². The molecule has 1 aromatic carbocycles. The first-order valence-electron chi connectivity index (χ1n) is 7.94. The fourth-order valence-electron chi connectivity index (χ4n) is 3.01. The molecule has 0 spiro atoms. The summed E-state index contributed by atoms with van der Waals surface area (Å²) in [6, 6.07) is 8.73. The molecule has 0 bridgehead atoms. The van der Waals surface area contributed by atoms with Gasteiger partial charge in [0.15, 0.2) is 0 Å². The Morgan fingerprint density at radius 3 is 3.09 bits per heavy atom. The zero-order valence-electron chi connectivity index (χ0n) is 12.9. The van der Waals surface area contributed by atoms with Gasteiger partial charge in [-0.05, 0) is 32.4 Å². The van der Waals surface area contributed by atoms with Crippen molar-refractivity contribution in [3.05, 3.63) is 30.0 Å². The molecule has 4 nitrogen and oxygen atoms in total. The number of aryl methyl sites for hydroxylation is 1. The van der Waals surface area contributed by atoms with Crippen LogP contribution in [0.5, 0.6) is 0 Å². The summed E-state index contributed by atoms with van der Waals surface area (Å²) >= 11 is 1.81. The Morgan fingerprint density at radius 2 is 2.27 bits per heavy atom. The zero-order chi connectivity index (χ0) is 15.4. The number of rotatable bonds is 6. The number of fused-ring (bicyclic) bond motifs is 1. The molecule has 3 N–H and O–H groups in total. The molecular weight excluding hydrogens is 294 g/mol. The molecule has 3 rings (SSSR count). The highest BCUT2D eigenvalue weighted by Gasteiger charge is 2.17. The van der Waals surface area contributed by atoms with E-state index in [0.29, 0.717) is 12.5 Å². The summed E-state index contributed by atoms with van der Waals surface area (Å²) in [6.45, 7) is 3.87. The van der Waals surface area contributed by atoms with Crippen molar-refractivity contribution in [2.75, 3.05) is 18.8 Å². The van der Waals surface area contributed by atoms with E-state index in [9.17, 15) is 4.79 Å². The Kier molecular flexibility index (Phi) is 5.05. The van der Waals surface area contributed by atoms with Gasteiger partial charge in [0.05, 0.1) is 0 Å². The van der Waals surface area contributed by atoms with Gasteiger partial charge in [0, 0.05) is 46.3 Å². The predicted molar refractivity (Wildman–Crippen MR) is 92.4 cm³/mol. The number of aromatic amines is 1. The van der Waals surface area contributed by atoms with E-state index >= 15 is 0 Å². The summed E-state index contributed by atoms with van der Waals surface area (Å²) in [5.41, 5.74) is 2.38. The van der Waals surface area contributed by atoms with Crippen LogP contribution < -0.4 is 10.6 Å². The van der Waals surface area contributed by atoms with Gasteiger partial charge in [0.2, 0.25) is 5.91 Å². The molecule has 118 valence electrons. The van der Waals surface area contributed by atoms with Crippen molar-refractivity contribution in [1.82, 2.24) is 15.6 Å². The first-order chi connectivity index (χ1) is 10.7. The molecule has 1 atom stereocenters. The molecule has 1 amide bonds. The number of carbonyl (C=O) groups is 1. The van der Waals surface area contributed by atoms with Gasteiger partial charge in [-0.1, -0.05) is 18.2 Å². The lowest BCUT2D eigenvalue weighted by atomic mass is 10.1. The highest BCUT2D eigenvalue weighted by atomic mass is 32.2. The van der Waals surface area contributed by atoms with Crippen LogP contribution in [-0.2, 0) is 4.79 Å². The smallest absolute Gasteiger partial charge is 0.221 e. The Balaban J connectivity index is 1.46. The fourth-order valence-corrected chi connectivity index (χ4v) is 4.02. The van der Waals surface area contributed by atoms with E-state index < -0.39 is 0 Å². The number of aromatic nitrogens is 1. The van der Waals surface area contributed by atoms with Crippen LogP contribution in [0.1, 0.15) is 25.0 Å². The molecule has 5 heteroatoms. The van der Waals surface area contributed by atoms with E-state index in [1.165, 1.54) is 27.9 Å². The van der Waals surface area contributed by atoms with Crippen LogP contribution in [0.2, 0.25) is 0 Å². The van der Waals surface area contributed by atoms with Gasteiger partial charge >= 0.3 is 0 Å². The number of carbonyl (C=O) groups excluding carboxylic acids is 1. The van der Waals surface area contributed by atoms with Crippen molar-refractivity contribution in [1.29, 1.82) is 0 Å². The first kappa shape index (κ1) is 15.4. The molecule has 1 aliphatic heterocycles. The third kappa shape index (κ3) is 3.65. The van der Waals surface area contributed by atoms with Gasteiger partial charge in [-0.25, -0.2) is 0 Å². The second kappa shape index (κ2) is 7.20. The summed E-state index contributed by atoms with van der Waals surface area (Å²) < 4.78 is 0. The van der Waals surface area contributed by atoms with Crippen LogP contribution in [0, 0.1) is 6.92 Å². The number of hydrogen-bond acceptors (Lipinski definition) is 3. The van der Waals surface area contributed by atoms with E-state index in [2.05, 4.69) is 40.7 Å². The van der Waals surface area contributed by atoms with Crippen molar-refractivity contribution < 1.29 is 4.79 Å². The van der Waals surface area contributed by atoms with Crippen LogP contribution >= 0.6 is 11.8 Å². The van der Waals surface area contributed by atoms with Gasteiger partial charge in [0.1, 0.15) is 0 Å². The summed E-state index contributed by atoms with van der Waals surface area (Å²) in [5.74, 6) is 1.06. The Morgan fingerprint density at radius 1 is 1.41 bits per heavy atom. The predicted octanol–water partition coefficient (Wildman–Crippen LogP) is 2.83. The lowest BCUT2D eigenvalue weighted by Crippen LogP contribution is -2.32. The number of benzene rings is 1. The van der Waals surface area contributed by atoms with Gasteiger partial charge < -0.3 is 15.6 Å². The van der Waals surface area contributed by atoms with Gasteiger partial charge in [-0.3, -0.25) is 4.79 Å². The minimum atomic E-state index is 0.163. The van der Waals surface area contributed by atoms with Crippen LogP contribution in [0.4, 0.5) is 0 Å². The minimum absolute atomic E-state index is 0.163. The van der Waals surface area contributed by atoms with E-state index in [-0.39, 0.29) is 5.91 Å². The molecular formula is C17H23N3OS. The van der Waals surface area contributed by atoms with Gasteiger partial charge in [-0.2, -0.15) is 0 Å². The molecule has 1 aliphatic rings. The zero-order valence-corrected chi connectivity index (χ0v) is 13.8. The van der Waals surface area contributed by atoms with Crippen molar-refractivity contribution in [2.24, 2.45) is 0 Å². The van der Waals surface area contributed by atoms with Gasteiger partial charge in [-0.15, -0.1) is 11.8 Å². The molecule has 0 radical (unpaired) electrons. The molecule has 0 saturated carbocycles. The van der Waals surface area contributed by atoms with E-state index in [4.69, 9.17) is 0 Å². The summed E-state index contributed by atoms with van der Waals surface area (Å²) in [4.78, 5) is 16.6. The van der Waals surface area contributed by atoms with Crippen LogP contribution in [0.3, 0.4) is 0 Å². The molecule has 1 fully saturated rings. The fraction of sp³-hybridized carbons (Fsp3) is 0.471. The third-order valence-electron chi connectivity index (χ3n) is 4.10. The average Bonchev–Trinajstić information content (AvgIpc) is 3.11. The van der Waals surface area contributed by atoms with Crippen LogP contribution in [-0.4, -0.2) is 35.8 Å². The topological polar surface area (TPSA) is 56.9 Å². The molecule has 2 heterocycles. The number of thioether (sulfide) groups is 1. The largest absolute Gasteiger partial charge is 0.358 e. The quantitative estimate of drug-likeness (QED) is 0.567. The number of para-hydroxylation sites is 1. The molecule has 22 heavy (non-hydrogen) atoms. The van der Waals surface area contributed by atoms with E-state index in [1.54, 1.807) is 11.8 Å². The van der Waals surface area contributed by atoms with Crippen LogP contribution in [0.25, 0.3) is 10.9 Å². The third-order valence-corrected chi connectivity index (χ3v) is 5.32. The lowest BCUT2D eigenvalue weighted by Gasteiger charge is -2.10. The van der Waals surface area contributed by atoms with Crippen molar-refractivity contribution >= 4 is 28.6 Å². The lowest BCUT2D eigenvalue weighted by molar-refractivity contribution is -0.121. The maximum atomic E-state index is 11.9. The standard InChI is InChI=1S/C17H23N3OS/c1-12-17(14-6-2-3-7-15(14)20-12)22-10-9-19-16(21)11-13-5-4-8-18-13/h2-3,6-7,13,18,20H,4-5,8-11H2,1H3,(H,19,21). The SMILES string of the molecule is Cc1[nH]c2ccccc2c1SCCNC(=O)CC1CCCN1. The van der Waals surface area contributed by atoms with Crippen LogP contribution in [0.15, 0.2) is 29.2 Å².